The molecule has 0 unspecified atom stereocenters. The summed E-state index contributed by atoms with van der Waals surface area (Å²) in [5.74, 6) is 0. The molecule has 1 rings (SSSR count). The van der Waals surface area contributed by atoms with Crippen LogP contribution in [0.3, 0.4) is 0 Å². The average Bonchev–Trinajstić information content (AvgIpc) is 2.50. The van der Waals surface area contributed by atoms with Crippen LogP contribution in [0.4, 0.5) is 0 Å². The lowest BCUT2D eigenvalue weighted by atomic mass is 10.3. The van der Waals surface area contributed by atoms with Crippen LogP contribution in [0.1, 0.15) is 19.8 Å². The summed E-state index contributed by atoms with van der Waals surface area (Å²) in [5.41, 5.74) is 0.148. The molecule has 0 spiro atoms. The van der Waals surface area contributed by atoms with E-state index in [1.807, 2.05) is 0 Å². The summed E-state index contributed by atoms with van der Waals surface area (Å²) in [6.45, 7) is 3.34. The normalized spacial score (nSPS) is 23.2. The first-order valence-electron chi connectivity index (χ1n) is 3.19. The van der Waals surface area contributed by atoms with Crippen molar-refractivity contribution in [2.45, 2.75) is 25.3 Å². The van der Waals surface area contributed by atoms with Gasteiger partial charge in [0.05, 0.1) is 6.61 Å². The molecule has 1 fully saturated rings. The second-order valence-electron chi connectivity index (χ2n) is 2.47. The van der Waals surface area contributed by atoms with Crippen LogP contribution in [0, 0.1) is 0 Å². The molecule has 2 N–H and O–H groups in total. The Kier molecular flexibility index (Phi) is 1.54. The first-order chi connectivity index (χ1) is 3.83. The molecule has 0 heterocycles. The number of aliphatic hydroxyl groups excluding tert-OH is 1. The van der Waals surface area contributed by atoms with Gasteiger partial charge in [0.25, 0.3) is 0 Å². The van der Waals surface area contributed by atoms with Crippen molar-refractivity contribution in [3.63, 3.8) is 0 Å². The molecule has 0 aromatic heterocycles. The van der Waals surface area contributed by atoms with Crippen molar-refractivity contribution in [2.24, 2.45) is 0 Å². The van der Waals surface area contributed by atoms with Crippen LogP contribution < -0.4 is 5.32 Å². The van der Waals surface area contributed by atoms with Crippen molar-refractivity contribution < 1.29 is 5.11 Å². The highest BCUT2D eigenvalue weighted by atomic mass is 16.3. The van der Waals surface area contributed by atoms with E-state index in [1.165, 1.54) is 0 Å². The predicted octanol–water partition coefficient (Wildman–Crippen LogP) is 0.121. The van der Waals surface area contributed by atoms with Gasteiger partial charge in [-0.1, -0.05) is 6.92 Å². The van der Waals surface area contributed by atoms with Gasteiger partial charge in [-0.3, -0.25) is 0 Å². The lowest BCUT2D eigenvalue weighted by Crippen LogP contribution is -2.34. The van der Waals surface area contributed by atoms with Crippen molar-refractivity contribution in [1.29, 1.82) is 0 Å². The van der Waals surface area contributed by atoms with E-state index in [0.717, 1.165) is 19.4 Å². The molecule has 0 radical (unpaired) electrons. The third-order valence-electron chi connectivity index (χ3n) is 1.71. The zero-order valence-corrected chi connectivity index (χ0v) is 5.28. The summed E-state index contributed by atoms with van der Waals surface area (Å²) in [4.78, 5) is 0. The number of rotatable bonds is 3. The van der Waals surface area contributed by atoms with Gasteiger partial charge in [0.1, 0.15) is 0 Å². The van der Waals surface area contributed by atoms with E-state index in [-0.39, 0.29) is 5.54 Å². The second kappa shape index (κ2) is 2.03. The second-order valence-corrected chi connectivity index (χ2v) is 2.47. The number of hydrogen-bond donors (Lipinski definition) is 2. The third kappa shape index (κ3) is 1.01. The molecule has 2 heteroatoms. The zero-order chi connectivity index (χ0) is 6.04. The molecule has 0 saturated heterocycles. The van der Waals surface area contributed by atoms with E-state index in [1.54, 1.807) is 0 Å². The van der Waals surface area contributed by atoms with Crippen LogP contribution in [0.2, 0.25) is 0 Å². The van der Waals surface area contributed by atoms with Crippen molar-refractivity contribution in [3.8, 4) is 0 Å². The quantitative estimate of drug-likeness (QED) is 0.547. The Bertz CT molecular complexity index is 78.6. The lowest BCUT2D eigenvalue weighted by molar-refractivity contribution is 0.232. The smallest absolute Gasteiger partial charge is 0.0613 e. The van der Waals surface area contributed by atoms with Gasteiger partial charge >= 0.3 is 0 Å². The van der Waals surface area contributed by atoms with Crippen molar-refractivity contribution in [2.75, 3.05) is 13.2 Å². The summed E-state index contributed by atoms with van der Waals surface area (Å²) >= 11 is 0. The minimum absolute atomic E-state index is 0.148. The van der Waals surface area contributed by atoms with Crippen LogP contribution in [0.25, 0.3) is 0 Å². The monoisotopic (exact) mass is 115 g/mol. The Morgan fingerprint density at radius 1 is 1.62 bits per heavy atom. The van der Waals surface area contributed by atoms with Crippen LogP contribution in [-0.4, -0.2) is 23.8 Å². The molecule has 0 amide bonds. The van der Waals surface area contributed by atoms with Crippen LogP contribution in [0.15, 0.2) is 0 Å². The summed E-state index contributed by atoms with van der Waals surface area (Å²) in [7, 11) is 0. The Balaban J connectivity index is 2.20. The van der Waals surface area contributed by atoms with Gasteiger partial charge in [0, 0.05) is 5.54 Å². The highest BCUT2D eigenvalue weighted by molar-refractivity contribution is 5.00. The van der Waals surface area contributed by atoms with Crippen LogP contribution in [0.5, 0.6) is 0 Å². The Hall–Kier alpha value is -0.0800. The van der Waals surface area contributed by atoms with E-state index in [0.29, 0.717) is 6.61 Å². The van der Waals surface area contributed by atoms with Gasteiger partial charge in [0.2, 0.25) is 0 Å². The molecule has 1 aliphatic carbocycles. The fourth-order valence-electron chi connectivity index (χ4n) is 0.917. The Morgan fingerprint density at radius 2 is 2.25 bits per heavy atom. The van der Waals surface area contributed by atoms with E-state index in [4.69, 9.17) is 5.11 Å². The molecule has 0 aromatic rings. The minimum atomic E-state index is 0.148. The fraction of sp³-hybridized carbons (Fsp3) is 1.00. The SMILES string of the molecule is CCNC1(CO)CC1. The molecule has 0 aromatic carbocycles. The largest absolute Gasteiger partial charge is 0.394 e. The van der Waals surface area contributed by atoms with Gasteiger partial charge in [-0.2, -0.15) is 0 Å². The maximum atomic E-state index is 8.73. The first kappa shape index (κ1) is 6.05. The first-order valence-corrected chi connectivity index (χ1v) is 3.19. The molecule has 1 saturated carbocycles. The molecular formula is C6H13NO. The third-order valence-corrected chi connectivity index (χ3v) is 1.71. The van der Waals surface area contributed by atoms with Crippen molar-refractivity contribution >= 4 is 0 Å². The van der Waals surface area contributed by atoms with E-state index in [2.05, 4.69) is 12.2 Å². The maximum absolute atomic E-state index is 8.73. The number of hydrogen-bond acceptors (Lipinski definition) is 2. The lowest BCUT2D eigenvalue weighted by Gasteiger charge is -2.10. The molecule has 0 aliphatic heterocycles. The summed E-state index contributed by atoms with van der Waals surface area (Å²) < 4.78 is 0. The van der Waals surface area contributed by atoms with Crippen molar-refractivity contribution in [3.05, 3.63) is 0 Å². The summed E-state index contributed by atoms with van der Waals surface area (Å²) in [5, 5.41) is 12.0. The standard InChI is InChI=1S/C6H13NO/c1-2-7-6(5-8)3-4-6/h7-8H,2-5H2,1H3. The maximum Gasteiger partial charge on any atom is 0.0613 e. The van der Waals surface area contributed by atoms with Gasteiger partial charge in [-0.15, -0.1) is 0 Å². The molecule has 0 bridgehead atoms. The summed E-state index contributed by atoms with van der Waals surface area (Å²) in [6, 6.07) is 0. The van der Waals surface area contributed by atoms with Crippen LogP contribution >= 0.6 is 0 Å². The molecular weight excluding hydrogens is 102 g/mol. The Morgan fingerprint density at radius 3 is 2.38 bits per heavy atom. The fourth-order valence-corrected chi connectivity index (χ4v) is 0.917. The van der Waals surface area contributed by atoms with Gasteiger partial charge in [-0.05, 0) is 19.4 Å². The number of aliphatic hydroxyl groups is 1. The highest BCUT2D eigenvalue weighted by Crippen LogP contribution is 2.33. The van der Waals surface area contributed by atoms with E-state index < -0.39 is 0 Å². The zero-order valence-electron chi connectivity index (χ0n) is 5.28. The molecule has 8 heavy (non-hydrogen) atoms. The van der Waals surface area contributed by atoms with Gasteiger partial charge in [-0.25, -0.2) is 0 Å². The molecule has 0 atom stereocenters. The topological polar surface area (TPSA) is 32.3 Å². The number of nitrogens with one attached hydrogen (secondary N) is 1. The minimum Gasteiger partial charge on any atom is -0.394 e. The van der Waals surface area contributed by atoms with Crippen LogP contribution in [-0.2, 0) is 0 Å². The molecule has 1 aliphatic rings. The number of likely N-dealkylation sites (N-methyl/N-ethyl adjacent to an activating group) is 1. The Labute approximate surface area is 49.9 Å². The highest BCUT2D eigenvalue weighted by Gasteiger charge is 2.40. The molecule has 48 valence electrons. The summed E-state index contributed by atoms with van der Waals surface area (Å²) in [6.07, 6.45) is 2.30. The average molecular weight is 115 g/mol. The van der Waals surface area contributed by atoms with Gasteiger partial charge in [0.15, 0.2) is 0 Å². The predicted molar refractivity (Wildman–Crippen MR) is 32.7 cm³/mol. The van der Waals surface area contributed by atoms with Gasteiger partial charge < -0.3 is 10.4 Å². The molecule has 2 nitrogen and oxygen atoms in total. The van der Waals surface area contributed by atoms with E-state index >= 15 is 0 Å². The van der Waals surface area contributed by atoms with Crippen molar-refractivity contribution in [1.82, 2.24) is 5.32 Å². The van der Waals surface area contributed by atoms with E-state index in [9.17, 15) is 0 Å².